The Balaban J connectivity index is 2.25. The summed E-state index contributed by atoms with van der Waals surface area (Å²) in [5.41, 5.74) is 1.82. The van der Waals surface area contributed by atoms with Crippen LogP contribution in [0.1, 0.15) is 16.7 Å². The zero-order valence-corrected chi connectivity index (χ0v) is 16.7. The van der Waals surface area contributed by atoms with Crippen LogP contribution in [0.4, 0.5) is 0 Å². The third-order valence-electron chi connectivity index (χ3n) is 4.87. The number of methoxy groups -OCH3 is 4. The Bertz CT molecular complexity index is 875. The Morgan fingerprint density at radius 3 is 2.07 bits per heavy atom. The van der Waals surface area contributed by atoms with Crippen molar-refractivity contribution in [2.24, 2.45) is 0 Å². The third kappa shape index (κ3) is 3.10. The van der Waals surface area contributed by atoms with E-state index in [2.05, 4.69) is 0 Å². The monoisotopic (exact) mass is 384 g/mol. The smallest absolute Gasteiger partial charge is 0.347 e. The Labute approximate surface area is 164 Å². The normalized spacial score (nSPS) is 18.4. The van der Waals surface area contributed by atoms with Crippen LogP contribution >= 0.6 is 0 Å². The van der Waals surface area contributed by atoms with Gasteiger partial charge >= 0.3 is 5.97 Å². The molecule has 0 bridgehead atoms. The molecule has 0 radical (unpaired) electrons. The largest absolute Gasteiger partial charge is 0.493 e. The average Bonchev–Trinajstić information content (AvgIpc) is 3.18. The molecule has 0 aliphatic carbocycles. The summed E-state index contributed by atoms with van der Waals surface area (Å²) in [4.78, 5) is 13.0. The second-order valence-electron chi connectivity index (χ2n) is 6.38. The van der Waals surface area contributed by atoms with E-state index in [1.165, 1.54) is 28.4 Å². The fourth-order valence-electron chi connectivity index (χ4n) is 3.48. The van der Waals surface area contributed by atoms with Gasteiger partial charge in [-0.15, -0.1) is 0 Å². The van der Waals surface area contributed by atoms with Crippen molar-refractivity contribution in [2.45, 2.75) is 12.5 Å². The van der Waals surface area contributed by atoms with Crippen LogP contribution in [0, 0.1) is 6.92 Å². The predicted molar refractivity (Wildman–Crippen MR) is 105 cm³/mol. The predicted octanol–water partition coefficient (Wildman–Crippen LogP) is 3.50. The van der Waals surface area contributed by atoms with Gasteiger partial charge in [0.1, 0.15) is 0 Å². The first-order valence-electron chi connectivity index (χ1n) is 8.82. The fourth-order valence-corrected chi connectivity index (χ4v) is 3.48. The van der Waals surface area contributed by atoms with Crippen LogP contribution in [0.15, 0.2) is 42.5 Å². The molecule has 6 heteroatoms. The van der Waals surface area contributed by atoms with Gasteiger partial charge in [-0.25, -0.2) is 4.79 Å². The van der Waals surface area contributed by atoms with Crippen molar-refractivity contribution in [1.82, 2.24) is 0 Å². The van der Waals surface area contributed by atoms with Crippen LogP contribution in [-0.4, -0.2) is 41.0 Å². The summed E-state index contributed by atoms with van der Waals surface area (Å²) in [6.07, 6.45) is 1.89. The van der Waals surface area contributed by atoms with Gasteiger partial charge in [0.05, 0.1) is 35.0 Å². The minimum absolute atomic E-state index is 0.273. The van der Waals surface area contributed by atoms with Crippen LogP contribution in [0.3, 0.4) is 0 Å². The Morgan fingerprint density at radius 2 is 1.57 bits per heavy atom. The Morgan fingerprint density at radius 1 is 0.964 bits per heavy atom. The van der Waals surface area contributed by atoms with E-state index in [0.29, 0.717) is 28.4 Å². The topological polar surface area (TPSA) is 63.2 Å². The van der Waals surface area contributed by atoms with Gasteiger partial charge < -0.3 is 23.7 Å². The van der Waals surface area contributed by atoms with E-state index < -0.39 is 11.6 Å². The number of ether oxygens (including phenoxy) is 5. The maximum absolute atomic E-state index is 13.0. The molecule has 0 amide bonds. The van der Waals surface area contributed by atoms with Gasteiger partial charge in [-0.05, 0) is 24.6 Å². The Kier molecular flexibility index (Phi) is 5.61. The molecule has 0 aromatic heterocycles. The standard InChI is InChI=1S/C22H24O6/c1-14-6-8-15(9-7-14)17-10-11-28-22(17,21(23)27-5)16-12-18(24-2)20(26-4)19(13-16)25-3/h6-10,12-13H,11H2,1-5H3. The molecule has 1 atom stereocenters. The lowest BCUT2D eigenvalue weighted by molar-refractivity contribution is -0.160. The number of aryl methyl sites for hydroxylation is 1. The molecule has 1 aliphatic heterocycles. The quantitative estimate of drug-likeness (QED) is 0.711. The van der Waals surface area contributed by atoms with E-state index in [4.69, 9.17) is 23.7 Å². The highest BCUT2D eigenvalue weighted by molar-refractivity contribution is 5.99. The van der Waals surface area contributed by atoms with Crippen LogP contribution in [0.5, 0.6) is 17.2 Å². The lowest BCUT2D eigenvalue weighted by Gasteiger charge is -2.30. The third-order valence-corrected chi connectivity index (χ3v) is 4.87. The van der Waals surface area contributed by atoms with Crippen molar-refractivity contribution in [3.8, 4) is 17.2 Å². The lowest BCUT2D eigenvalue weighted by atomic mass is 9.82. The molecule has 0 N–H and O–H groups in total. The van der Waals surface area contributed by atoms with Crippen LogP contribution < -0.4 is 14.2 Å². The summed E-state index contributed by atoms with van der Waals surface area (Å²) in [6, 6.07) is 11.3. The molecule has 0 fully saturated rings. The molecule has 0 saturated carbocycles. The van der Waals surface area contributed by atoms with Gasteiger partial charge in [0, 0.05) is 11.1 Å². The molecule has 1 aliphatic rings. The maximum atomic E-state index is 13.0. The summed E-state index contributed by atoms with van der Waals surface area (Å²) in [5.74, 6) is 0.775. The fraction of sp³-hybridized carbons (Fsp3) is 0.318. The average molecular weight is 384 g/mol. The highest BCUT2D eigenvalue weighted by Crippen LogP contribution is 2.49. The zero-order valence-electron chi connectivity index (χ0n) is 16.7. The zero-order chi connectivity index (χ0) is 20.3. The van der Waals surface area contributed by atoms with Crippen LogP contribution in [0.2, 0.25) is 0 Å². The minimum atomic E-state index is -1.43. The number of carbonyl (C=O) groups excluding carboxylic acids is 1. The van der Waals surface area contributed by atoms with E-state index in [1.54, 1.807) is 12.1 Å². The summed E-state index contributed by atoms with van der Waals surface area (Å²) < 4.78 is 27.5. The van der Waals surface area contributed by atoms with Gasteiger partial charge in [0.2, 0.25) is 11.4 Å². The number of hydrogen-bond donors (Lipinski definition) is 0. The number of benzene rings is 2. The van der Waals surface area contributed by atoms with Gasteiger partial charge in [0.15, 0.2) is 11.5 Å². The molecular formula is C22H24O6. The summed E-state index contributed by atoms with van der Waals surface area (Å²) in [5, 5.41) is 0. The second-order valence-corrected chi connectivity index (χ2v) is 6.38. The Hall–Kier alpha value is -2.99. The minimum Gasteiger partial charge on any atom is -0.493 e. The molecule has 0 spiro atoms. The summed E-state index contributed by atoms with van der Waals surface area (Å²) >= 11 is 0. The number of rotatable bonds is 6. The van der Waals surface area contributed by atoms with Crippen molar-refractivity contribution >= 4 is 11.5 Å². The van der Waals surface area contributed by atoms with E-state index in [-0.39, 0.29) is 6.61 Å². The first kappa shape index (κ1) is 19.8. The lowest BCUT2D eigenvalue weighted by Crippen LogP contribution is -2.38. The number of hydrogen-bond acceptors (Lipinski definition) is 6. The van der Waals surface area contributed by atoms with Crippen molar-refractivity contribution in [3.05, 3.63) is 59.2 Å². The first-order valence-corrected chi connectivity index (χ1v) is 8.82. The van der Waals surface area contributed by atoms with E-state index in [1.807, 2.05) is 37.3 Å². The molecule has 148 valence electrons. The van der Waals surface area contributed by atoms with Crippen molar-refractivity contribution < 1.29 is 28.5 Å². The number of carbonyl (C=O) groups is 1. The SMILES string of the molecule is COC(=O)C1(c2cc(OC)c(OC)c(OC)c2)OCC=C1c1ccc(C)cc1. The molecule has 1 unspecified atom stereocenters. The second kappa shape index (κ2) is 7.94. The van der Waals surface area contributed by atoms with Gasteiger partial charge in [0.25, 0.3) is 0 Å². The molecule has 2 aromatic rings. The highest BCUT2D eigenvalue weighted by atomic mass is 16.6. The van der Waals surface area contributed by atoms with Gasteiger partial charge in [-0.2, -0.15) is 0 Å². The van der Waals surface area contributed by atoms with Crippen LogP contribution in [0.25, 0.3) is 5.57 Å². The highest BCUT2D eigenvalue weighted by Gasteiger charge is 2.50. The van der Waals surface area contributed by atoms with E-state index >= 15 is 0 Å². The first-order chi connectivity index (χ1) is 13.5. The summed E-state index contributed by atoms with van der Waals surface area (Å²) in [7, 11) is 5.92. The van der Waals surface area contributed by atoms with Crippen molar-refractivity contribution in [3.63, 3.8) is 0 Å². The molecule has 2 aromatic carbocycles. The molecule has 3 rings (SSSR count). The van der Waals surface area contributed by atoms with Crippen LogP contribution in [-0.2, 0) is 19.9 Å². The molecule has 1 heterocycles. The van der Waals surface area contributed by atoms with E-state index in [0.717, 1.165) is 11.1 Å². The molecule has 0 saturated heterocycles. The van der Waals surface area contributed by atoms with Crippen molar-refractivity contribution in [2.75, 3.05) is 35.0 Å². The number of esters is 1. The van der Waals surface area contributed by atoms with E-state index in [9.17, 15) is 4.79 Å². The summed E-state index contributed by atoms with van der Waals surface area (Å²) in [6.45, 7) is 2.28. The van der Waals surface area contributed by atoms with Gasteiger partial charge in [-0.3, -0.25) is 0 Å². The van der Waals surface area contributed by atoms with Crippen molar-refractivity contribution in [1.29, 1.82) is 0 Å². The molecule has 6 nitrogen and oxygen atoms in total. The molecule has 28 heavy (non-hydrogen) atoms. The maximum Gasteiger partial charge on any atom is 0.347 e. The molecular weight excluding hydrogens is 360 g/mol. The van der Waals surface area contributed by atoms with Gasteiger partial charge in [-0.1, -0.05) is 35.9 Å².